The number of fused-ring (bicyclic) bond motifs is 8. The van der Waals surface area contributed by atoms with E-state index >= 15 is 0 Å². The normalized spacial score (nSPS) is 26.7. The van der Waals surface area contributed by atoms with Gasteiger partial charge in [0.2, 0.25) is 17.7 Å². The van der Waals surface area contributed by atoms with Crippen LogP contribution in [0.3, 0.4) is 0 Å². The number of nitrogens with one attached hydrogen (secondary N) is 2. The van der Waals surface area contributed by atoms with Gasteiger partial charge in [-0.25, -0.2) is 4.39 Å². The second kappa shape index (κ2) is 16.5. The zero-order valence-corrected chi connectivity index (χ0v) is 31.1. The summed E-state index contributed by atoms with van der Waals surface area (Å²) in [5, 5.41) is 6.57. The minimum Gasteiger partial charge on any atom is -0.497 e. The van der Waals surface area contributed by atoms with Crippen molar-refractivity contribution >= 4 is 23.6 Å². The Kier molecular flexibility index (Phi) is 11.6. The Bertz CT molecular complexity index is 1620. The molecule has 2 aromatic carbocycles. The summed E-state index contributed by atoms with van der Waals surface area (Å²) >= 11 is 0. The summed E-state index contributed by atoms with van der Waals surface area (Å²) in [4.78, 5) is 63.5. The number of amides is 4. The van der Waals surface area contributed by atoms with Crippen molar-refractivity contribution in [3.05, 3.63) is 65.5 Å². The minimum absolute atomic E-state index is 0.0468. The van der Waals surface area contributed by atoms with Gasteiger partial charge in [-0.15, -0.1) is 0 Å². The van der Waals surface area contributed by atoms with Crippen molar-refractivity contribution in [3.63, 3.8) is 0 Å². The summed E-state index contributed by atoms with van der Waals surface area (Å²) in [6.07, 6.45) is 6.67. The third-order valence-electron chi connectivity index (χ3n) is 12.7. The Balaban J connectivity index is 1.07. The predicted octanol–water partition coefficient (Wildman–Crippen LogP) is 3.82. The first-order valence-corrected chi connectivity index (χ1v) is 19.7. The van der Waals surface area contributed by atoms with Gasteiger partial charge in [0.1, 0.15) is 11.6 Å². The number of benzene rings is 2. The number of rotatable bonds is 4. The number of hydrogen-bond acceptors (Lipinski definition) is 7. The van der Waals surface area contributed by atoms with Crippen LogP contribution in [0.25, 0.3) is 0 Å². The van der Waals surface area contributed by atoms with E-state index in [1.54, 1.807) is 12.0 Å². The lowest BCUT2D eigenvalue weighted by Gasteiger charge is -2.44. The summed E-state index contributed by atoms with van der Waals surface area (Å²) in [7, 11) is 1.68. The van der Waals surface area contributed by atoms with E-state index in [1.807, 2.05) is 17.0 Å². The van der Waals surface area contributed by atoms with Crippen LogP contribution in [0.15, 0.2) is 48.5 Å². The Morgan fingerprint density at radius 2 is 1.68 bits per heavy atom. The molecule has 0 saturated carbocycles. The lowest BCUT2D eigenvalue weighted by atomic mass is 9.80. The van der Waals surface area contributed by atoms with Crippen LogP contribution in [0.1, 0.15) is 80.1 Å². The fraction of sp³-hybridized carbons (Fsp3) is 0.610. The third kappa shape index (κ3) is 8.86. The average Bonchev–Trinajstić information content (AvgIpc) is 3.66. The van der Waals surface area contributed by atoms with Crippen LogP contribution in [0.5, 0.6) is 5.75 Å². The molecule has 0 radical (unpaired) electrons. The van der Waals surface area contributed by atoms with Crippen LogP contribution >= 0.6 is 0 Å². The van der Waals surface area contributed by atoms with Gasteiger partial charge in [-0.3, -0.25) is 29.0 Å². The molecule has 0 aromatic heterocycles. The van der Waals surface area contributed by atoms with Gasteiger partial charge < -0.3 is 25.2 Å². The molecule has 6 saturated heterocycles. The number of halogens is 1. The van der Waals surface area contributed by atoms with Crippen molar-refractivity contribution in [1.82, 2.24) is 30.2 Å². The first kappa shape index (κ1) is 37.3. The molecule has 2 aromatic rings. The van der Waals surface area contributed by atoms with E-state index in [0.717, 1.165) is 70.5 Å². The predicted molar refractivity (Wildman–Crippen MR) is 198 cm³/mol. The molecular formula is C41H55FN6O5. The molecule has 4 amide bonds. The molecule has 53 heavy (non-hydrogen) atoms. The highest BCUT2D eigenvalue weighted by atomic mass is 19.1. The van der Waals surface area contributed by atoms with E-state index in [9.17, 15) is 23.6 Å². The Hall–Kier alpha value is -4.03. The maximum atomic E-state index is 14.1. The van der Waals surface area contributed by atoms with E-state index in [4.69, 9.17) is 4.74 Å². The summed E-state index contributed by atoms with van der Waals surface area (Å²) < 4.78 is 19.0. The largest absolute Gasteiger partial charge is 0.497 e. The number of hydrogen-bond donors (Lipinski definition) is 2. The lowest BCUT2D eigenvalue weighted by Crippen LogP contribution is -2.61. The summed E-state index contributed by atoms with van der Waals surface area (Å²) in [6.45, 7) is 6.10. The van der Waals surface area contributed by atoms with Crippen molar-refractivity contribution < 1.29 is 28.3 Å². The van der Waals surface area contributed by atoms with Crippen LogP contribution in [0.4, 0.5) is 4.39 Å². The summed E-state index contributed by atoms with van der Waals surface area (Å²) in [5.74, 6) is 0.824. The first-order chi connectivity index (χ1) is 25.7. The number of carbonyl (C=O) groups is 4. The van der Waals surface area contributed by atoms with E-state index in [-0.39, 0.29) is 54.0 Å². The van der Waals surface area contributed by atoms with Gasteiger partial charge in [-0.1, -0.05) is 12.1 Å². The van der Waals surface area contributed by atoms with Gasteiger partial charge in [0, 0.05) is 70.3 Å². The zero-order chi connectivity index (χ0) is 37.0. The van der Waals surface area contributed by atoms with Crippen LogP contribution in [-0.2, 0) is 20.9 Å². The van der Waals surface area contributed by atoms with Crippen LogP contribution < -0.4 is 15.4 Å². The second-order valence-electron chi connectivity index (χ2n) is 16.0. The Morgan fingerprint density at radius 1 is 0.906 bits per heavy atom. The molecule has 0 aliphatic carbocycles. The standard InChI is InChI=1S/C41H55FN6O5/c1-53-35-5-2-4-29(24-35)27-45-19-12-31-25-38(50)46-20-13-34(14-21-46)48-18-3-6-36(48)39(51)44-41(26-37(49)43-17-11-32(31)28-45)15-22-47(23-16-41)40(52)30-7-9-33(42)10-8-30/h2,4-5,7-10,24,31-32,34,36H,3,6,11-23,25-28H2,1H3,(H,43,49)(H,44,51)/t31-,32-,36-/m0/s1. The van der Waals surface area contributed by atoms with Gasteiger partial charge >= 0.3 is 0 Å². The zero-order valence-electron chi connectivity index (χ0n) is 31.1. The molecule has 1 spiro atoms. The maximum absolute atomic E-state index is 14.1. The van der Waals surface area contributed by atoms with E-state index in [2.05, 4.69) is 32.6 Å². The molecule has 2 bridgehead atoms. The minimum atomic E-state index is -0.781. The monoisotopic (exact) mass is 730 g/mol. The van der Waals surface area contributed by atoms with Crippen molar-refractivity contribution in [2.75, 3.05) is 59.5 Å². The molecule has 6 aliphatic rings. The highest BCUT2D eigenvalue weighted by molar-refractivity contribution is 5.94. The number of ether oxygens (including phenoxy) is 1. The lowest BCUT2D eigenvalue weighted by molar-refractivity contribution is -0.136. The molecule has 0 unspecified atom stereocenters. The maximum Gasteiger partial charge on any atom is 0.253 e. The van der Waals surface area contributed by atoms with Gasteiger partial charge in [0.15, 0.2) is 0 Å². The van der Waals surface area contributed by atoms with Crippen molar-refractivity contribution in [1.29, 1.82) is 0 Å². The highest BCUT2D eigenvalue weighted by Gasteiger charge is 2.44. The molecule has 6 fully saturated rings. The SMILES string of the molecule is COc1cccc(CN2CC[C@H]3CC(=O)N4CCC(CC4)N4CCC[C@H]4C(=O)NC4(CCN(C(=O)c5ccc(F)cc5)CC4)CC(=O)NCC[C@H]3C2)c1. The number of likely N-dealkylation sites (tertiary alicyclic amines) is 2. The number of methoxy groups -OCH3 is 1. The summed E-state index contributed by atoms with van der Waals surface area (Å²) in [6, 6.07) is 13.7. The van der Waals surface area contributed by atoms with Gasteiger partial charge in [0.25, 0.3) is 5.91 Å². The number of nitrogens with zero attached hydrogens (tertiary/aromatic N) is 4. The molecular weight excluding hydrogens is 675 g/mol. The molecule has 2 N–H and O–H groups in total. The molecule has 6 heterocycles. The third-order valence-corrected chi connectivity index (χ3v) is 12.7. The number of carbonyl (C=O) groups excluding carboxylic acids is 4. The second-order valence-corrected chi connectivity index (χ2v) is 16.0. The van der Waals surface area contributed by atoms with Gasteiger partial charge in [-0.2, -0.15) is 0 Å². The van der Waals surface area contributed by atoms with Crippen LogP contribution in [0, 0.1) is 17.7 Å². The molecule has 6 aliphatic heterocycles. The van der Waals surface area contributed by atoms with Crippen molar-refractivity contribution in [3.8, 4) is 5.75 Å². The van der Waals surface area contributed by atoms with Crippen molar-refractivity contribution in [2.24, 2.45) is 11.8 Å². The Labute approximate surface area is 312 Å². The summed E-state index contributed by atoms with van der Waals surface area (Å²) in [5.41, 5.74) is 0.830. The van der Waals surface area contributed by atoms with Crippen molar-refractivity contribution in [2.45, 2.75) is 88.4 Å². The van der Waals surface area contributed by atoms with Gasteiger partial charge in [0.05, 0.1) is 18.7 Å². The smallest absolute Gasteiger partial charge is 0.253 e. The highest BCUT2D eigenvalue weighted by Crippen LogP contribution is 2.34. The number of piperidine rings is 3. The fourth-order valence-electron chi connectivity index (χ4n) is 9.60. The van der Waals surface area contributed by atoms with E-state index in [1.165, 1.54) is 29.8 Å². The average molecular weight is 731 g/mol. The molecule has 8 rings (SSSR count). The topological polar surface area (TPSA) is 115 Å². The molecule has 286 valence electrons. The molecule has 11 nitrogen and oxygen atoms in total. The molecule has 3 atom stereocenters. The Morgan fingerprint density at radius 3 is 2.43 bits per heavy atom. The van der Waals surface area contributed by atoms with E-state index in [0.29, 0.717) is 57.5 Å². The van der Waals surface area contributed by atoms with Crippen LogP contribution in [0.2, 0.25) is 0 Å². The van der Waals surface area contributed by atoms with Crippen LogP contribution in [-0.4, -0.2) is 120 Å². The molecule has 12 heteroatoms. The van der Waals surface area contributed by atoms with E-state index < -0.39 is 11.4 Å². The quantitative estimate of drug-likeness (QED) is 0.492. The van der Waals surface area contributed by atoms with Gasteiger partial charge in [-0.05, 0) is 118 Å². The first-order valence-electron chi connectivity index (χ1n) is 19.7. The fourth-order valence-corrected chi connectivity index (χ4v) is 9.60.